The lowest BCUT2D eigenvalue weighted by atomic mass is 10.3. The molecular weight excluding hydrogens is 334 g/mol. The normalized spacial score (nSPS) is 10.2. The smallest absolute Gasteiger partial charge is 0.323 e. The summed E-state index contributed by atoms with van der Waals surface area (Å²) in [7, 11) is 0. The quantitative estimate of drug-likeness (QED) is 0.793. The molecule has 0 bridgehead atoms. The Balaban J connectivity index is 2.19. The summed E-state index contributed by atoms with van der Waals surface area (Å²) in [5.41, 5.74) is 0.897. The van der Waals surface area contributed by atoms with Gasteiger partial charge in [-0.05, 0) is 37.6 Å². The zero-order valence-electron chi connectivity index (χ0n) is 12.1. The van der Waals surface area contributed by atoms with Crippen molar-refractivity contribution in [2.24, 2.45) is 0 Å². The lowest BCUT2D eigenvalue weighted by molar-refractivity contribution is 0.312. The van der Waals surface area contributed by atoms with E-state index in [9.17, 15) is 0 Å². The molecule has 0 amide bonds. The number of hydrogen-bond donors (Lipinski definition) is 2. The average Bonchev–Trinajstić information content (AvgIpc) is 2.48. The number of rotatable bonds is 7. The van der Waals surface area contributed by atoms with Gasteiger partial charge < -0.3 is 15.4 Å². The molecule has 0 atom stereocenters. The van der Waals surface area contributed by atoms with Crippen LogP contribution in [-0.4, -0.2) is 28.1 Å². The molecule has 0 fully saturated rings. The third kappa shape index (κ3) is 4.86. The number of benzene rings is 1. The highest BCUT2D eigenvalue weighted by Crippen LogP contribution is 2.19. The minimum Gasteiger partial charge on any atom is -0.464 e. The highest BCUT2D eigenvalue weighted by molar-refractivity contribution is 9.10. The lowest BCUT2D eigenvalue weighted by Crippen LogP contribution is -2.09. The molecule has 0 aliphatic rings. The van der Waals surface area contributed by atoms with E-state index < -0.39 is 0 Å². The molecule has 0 aliphatic heterocycles. The number of anilines is 3. The fourth-order valence-corrected chi connectivity index (χ4v) is 1.85. The zero-order valence-corrected chi connectivity index (χ0v) is 13.6. The van der Waals surface area contributed by atoms with Gasteiger partial charge in [0.2, 0.25) is 11.9 Å². The maximum atomic E-state index is 5.37. The Labute approximate surface area is 132 Å². The van der Waals surface area contributed by atoms with E-state index in [1.54, 1.807) is 0 Å². The molecule has 0 aliphatic carbocycles. The van der Waals surface area contributed by atoms with Crippen molar-refractivity contribution in [3.8, 4) is 6.01 Å². The molecule has 0 unspecified atom stereocenters. The Hall–Kier alpha value is -1.89. The van der Waals surface area contributed by atoms with E-state index in [-0.39, 0.29) is 0 Å². The van der Waals surface area contributed by atoms with E-state index >= 15 is 0 Å². The molecule has 2 aromatic rings. The Bertz CT molecular complexity index is 576. The minimum absolute atomic E-state index is 0.311. The summed E-state index contributed by atoms with van der Waals surface area (Å²) >= 11 is 3.40. The first-order chi connectivity index (χ1) is 10.2. The average molecular weight is 352 g/mol. The number of hydrogen-bond acceptors (Lipinski definition) is 6. The lowest BCUT2D eigenvalue weighted by Gasteiger charge is -2.09. The van der Waals surface area contributed by atoms with Gasteiger partial charge in [0.1, 0.15) is 0 Å². The van der Waals surface area contributed by atoms with Crippen molar-refractivity contribution in [3.05, 3.63) is 28.7 Å². The Morgan fingerprint density at radius 1 is 1.05 bits per heavy atom. The fourth-order valence-electron chi connectivity index (χ4n) is 1.58. The van der Waals surface area contributed by atoms with Gasteiger partial charge in [0.15, 0.2) is 0 Å². The van der Waals surface area contributed by atoms with E-state index in [4.69, 9.17) is 4.74 Å². The summed E-state index contributed by atoms with van der Waals surface area (Å²) in [5.74, 6) is 0.962. The van der Waals surface area contributed by atoms with Crippen molar-refractivity contribution in [1.29, 1.82) is 0 Å². The van der Waals surface area contributed by atoms with E-state index in [0.29, 0.717) is 24.5 Å². The molecule has 21 heavy (non-hydrogen) atoms. The van der Waals surface area contributed by atoms with Gasteiger partial charge in [0.25, 0.3) is 0 Å². The summed E-state index contributed by atoms with van der Waals surface area (Å²) in [6.45, 7) is 5.28. The van der Waals surface area contributed by atoms with Crippen LogP contribution in [0, 0.1) is 0 Å². The number of nitrogens with zero attached hydrogens (tertiary/aromatic N) is 3. The van der Waals surface area contributed by atoms with Crippen LogP contribution < -0.4 is 15.4 Å². The Kier molecular flexibility index (Phi) is 5.74. The van der Waals surface area contributed by atoms with Crippen molar-refractivity contribution in [2.75, 3.05) is 23.8 Å². The first-order valence-electron chi connectivity index (χ1n) is 6.86. The van der Waals surface area contributed by atoms with Crippen molar-refractivity contribution in [2.45, 2.75) is 20.3 Å². The second-order valence-corrected chi connectivity index (χ2v) is 5.17. The Morgan fingerprint density at radius 3 is 2.43 bits per heavy atom. The molecule has 1 aromatic heterocycles. The predicted molar refractivity (Wildman–Crippen MR) is 87.2 cm³/mol. The fraction of sp³-hybridized carbons (Fsp3) is 0.357. The molecule has 2 N–H and O–H groups in total. The number of halogens is 1. The van der Waals surface area contributed by atoms with E-state index in [1.807, 2.05) is 31.2 Å². The number of aromatic nitrogens is 3. The standard InChI is InChI=1S/C14H18BrN5O/c1-3-9-16-12-18-13(20-14(19-12)21-4-2)17-11-7-5-10(15)6-8-11/h5-8H,3-4,9H2,1-2H3,(H2,16,17,18,19,20). The van der Waals surface area contributed by atoms with Gasteiger partial charge in [0.05, 0.1) is 6.61 Å². The summed E-state index contributed by atoms with van der Waals surface area (Å²) in [6.07, 6.45) is 0.991. The van der Waals surface area contributed by atoms with Gasteiger partial charge >= 0.3 is 6.01 Å². The van der Waals surface area contributed by atoms with Gasteiger partial charge in [-0.15, -0.1) is 0 Å². The van der Waals surface area contributed by atoms with Gasteiger partial charge in [-0.25, -0.2) is 0 Å². The maximum Gasteiger partial charge on any atom is 0.323 e. The second kappa shape index (κ2) is 7.78. The molecule has 6 nitrogen and oxygen atoms in total. The molecule has 0 spiro atoms. The minimum atomic E-state index is 0.311. The second-order valence-electron chi connectivity index (χ2n) is 4.26. The topological polar surface area (TPSA) is 72.0 Å². The largest absolute Gasteiger partial charge is 0.464 e. The first kappa shape index (κ1) is 15.5. The number of nitrogens with one attached hydrogen (secondary N) is 2. The summed E-state index contributed by atoms with van der Waals surface area (Å²) in [5, 5.41) is 6.28. The molecular formula is C14H18BrN5O. The summed E-state index contributed by atoms with van der Waals surface area (Å²) < 4.78 is 6.39. The summed E-state index contributed by atoms with van der Waals surface area (Å²) in [6, 6.07) is 8.08. The molecule has 2 rings (SSSR count). The van der Waals surface area contributed by atoms with Crippen LogP contribution in [-0.2, 0) is 0 Å². The van der Waals surface area contributed by atoms with Crippen LogP contribution in [0.25, 0.3) is 0 Å². The van der Waals surface area contributed by atoms with Gasteiger partial charge in [0, 0.05) is 16.7 Å². The Morgan fingerprint density at radius 2 is 1.76 bits per heavy atom. The molecule has 0 saturated heterocycles. The molecule has 112 valence electrons. The molecule has 1 heterocycles. The molecule has 1 aromatic carbocycles. The zero-order chi connectivity index (χ0) is 15.1. The van der Waals surface area contributed by atoms with Crippen molar-refractivity contribution >= 4 is 33.5 Å². The molecule has 0 radical (unpaired) electrons. The monoisotopic (exact) mass is 351 g/mol. The van der Waals surface area contributed by atoms with Gasteiger partial charge in [-0.3, -0.25) is 0 Å². The third-order valence-electron chi connectivity index (χ3n) is 2.52. The van der Waals surface area contributed by atoms with Crippen molar-refractivity contribution in [3.63, 3.8) is 0 Å². The highest BCUT2D eigenvalue weighted by Gasteiger charge is 2.07. The van der Waals surface area contributed by atoms with E-state index in [2.05, 4.69) is 48.4 Å². The SMILES string of the molecule is CCCNc1nc(Nc2ccc(Br)cc2)nc(OCC)n1. The van der Waals surface area contributed by atoms with Crippen LogP contribution in [0.1, 0.15) is 20.3 Å². The number of ether oxygens (including phenoxy) is 1. The summed E-state index contributed by atoms with van der Waals surface area (Å²) in [4.78, 5) is 12.8. The molecule has 0 saturated carbocycles. The van der Waals surface area contributed by atoms with E-state index in [1.165, 1.54) is 0 Å². The van der Waals surface area contributed by atoms with Crippen LogP contribution in [0.4, 0.5) is 17.6 Å². The van der Waals surface area contributed by atoms with Crippen LogP contribution in [0.15, 0.2) is 28.7 Å². The first-order valence-corrected chi connectivity index (χ1v) is 7.66. The van der Waals surface area contributed by atoms with Crippen LogP contribution >= 0.6 is 15.9 Å². The van der Waals surface area contributed by atoms with Gasteiger partial charge in [-0.1, -0.05) is 22.9 Å². The van der Waals surface area contributed by atoms with Gasteiger partial charge in [-0.2, -0.15) is 15.0 Å². The third-order valence-corrected chi connectivity index (χ3v) is 3.05. The van der Waals surface area contributed by atoms with Crippen LogP contribution in [0.2, 0.25) is 0 Å². The van der Waals surface area contributed by atoms with Crippen molar-refractivity contribution in [1.82, 2.24) is 15.0 Å². The maximum absolute atomic E-state index is 5.37. The highest BCUT2D eigenvalue weighted by atomic mass is 79.9. The van der Waals surface area contributed by atoms with Crippen molar-refractivity contribution < 1.29 is 4.74 Å². The molecule has 7 heteroatoms. The predicted octanol–water partition coefficient (Wildman–Crippen LogP) is 3.60. The van der Waals surface area contributed by atoms with E-state index in [0.717, 1.165) is 23.1 Å². The van der Waals surface area contributed by atoms with Crippen LogP contribution in [0.3, 0.4) is 0 Å². The van der Waals surface area contributed by atoms with Crippen LogP contribution in [0.5, 0.6) is 6.01 Å².